The first-order valence-electron chi connectivity index (χ1n) is 6.98. The number of urea groups is 1. The zero-order valence-electron chi connectivity index (χ0n) is 12.0. The van der Waals surface area contributed by atoms with Gasteiger partial charge in [0.2, 0.25) is 0 Å². The molecule has 1 aromatic rings. The molecule has 0 radical (unpaired) electrons. The lowest BCUT2D eigenvalue weighted by atomic mass is 10.1. The van der Waals surface area contributed by atoms with Gasteiger partial charge < -0.3 is 20.1 Å². The summed E-state index contributed by atoms with van der Waals surface area (Å²) in [6, 6.07) is 6.73. The molecule has 1 aliphatic rings. The van der Waals surface area contributed by atoms with Gasteiger partial charge in [-0.15, -0.1) is 0 Å². The number of nitrogens with one attached hydrogen (secondary N) is 1. The Bertz CT molecular complexity index is 493. The normalized spacial score (nSPS) is 15.8. The third kappa shape index (κ3) is 4.46. The van der Waals surface area contributed by atoms with Gasteiger partial charge >= 0.3 is 12.0 Å². The van der Waals surface area contributed by atoms with Crippen LogP contribution in [0.25, 0.3) is 0 Å². The fourth-order valence-electron chi connectivity index (χ4n) is 2.38. The third-order valence-electron chi connectivity index (χ3n) is 3.62. The molecule has 1 aromatic carbocycles. The maximum absolute atomic E-state index is 12.1. The minimum absolute atomic E-state index is 0.0151. The molecule has 0 spiro atoms. The molecule has 0 saturated carbocycles. The Labute approximate surface area is 123 Å². The highest BCUT2D eigenvalue weighted by Gasteiger charge is 2.22. The number of amides is 2. The van der Waals surface area contributed by atoms with Crippen molar-refractivity contribution in [2.75, 3.05) is 25.5 Å². The Balaban J connectivity index is 1.86. The monoisotopic (exact) mass is 292 g/mol. The van der Waals surface area contributed by atoms with Crippen LogP contribution in [-0.4, -0.2) is 48.3 Å². The van der Waals surface area contributed by atoms with Crippen molar-refractivity contribution in [1.82, 2.24) is 4.90 Å². The largest absolute Gasteiger partial charge is 0.481 e. The van der Waals surface area contributed by atoms with Crippen molar-refractivity contribution >= 4 is 17.7 Å². The number of nitrogens with zero attached hydrogens (tertiary/aromatic N) is 1. The summed E-state index contributed by atoms with van der Waals surface area (Å²) >= 11 is 0. The van der Waals surface area contributed by atoms with Crippen molar-refractivity contribution in [2.45, 2.75) is 25.4 Å². The number of carbonyl (C=O) groups is 2. The molecule has 6 nitrogen and oxygen atoms in total. The quantitative estimate of drug-likeness (QED) is 0.889. The Morgan fingerprint density at radius 1 is 1.29 bits per heavy atom. The summed E-state index contributed by atoms with van der Waals surface area (Å²) < 4.78 is 5.28. The maximum atomic E-state index is 12.1. The van der Waals surface area contributed by atoms with E-state index in [1.54, 1.807) is 36.3 Å². The van der Waals surface area contributed by atoms with E-state index in [1.807, 2.05) is 0 Å². The molecule has 0 aliphatic carbocycles. The Morgan fingerprint density at radius 2 is 1.90 bits per heavy atom. The number of benzene rings is 1. The molecule has 1 heterocycles. The number of anilines is 1. The van der Waals surface area contributed by atoms with E-state index in [0.717, 1.165) is 12.8 Å². The number of hydrogen-bond acceptors (Lipinski definition) is 3. The van der Waals surface area contributed by atoms with Crippen molar-refractivity contribution in [3.05, 3.63) is 29.8 Å². The van der Waals surface area contributed by atoms with Crippen molar-refractivity contribution in [1.29, 1.82) is 0 Å². The van der Waals surface area contributed by atoms with Crippen LogP contribution in [0.5, 0.6) is 0 Å². The molecular formula is C15H20N2O4. The summed E-state index contributed by atoms with van der Waals surface area (Å²) in [6.07, 6.45) is 1.92. The van der Waals surface area contributed by atoms with Gasteiger partial charge in [-0.2, -0.15) is 0 Å². The topological polar surface area (TPSA) is 78.9 Å². The molecule has 21 heavy (non-hydrogen) atoms. The number of carbonyl (C=O) groups excluding carboxylic acids is 1. The van der Waals surface area contributed by atoms with Gasteiger partial charge in [-0.3, -0.25) is 4.79 Å². The molecule has 1 fully saturated rings. The Kier molecular flexibility index (Phi) is 5.16. The van der Waals surface area contributed by atoms with Gasteiger partial charge in [-0.05, 0) is 30.5 Å². The molecule has 114 valence electrons. The van der Waals surface area contributed by atoms with Crippen LogP contribution in [-0.2, 0) is 16.0 Å². The van der Waals surface area contributed by atoms with E-state index in [2.05, 4.69) is 5.32 Å². The van der Waals surface area contributed by atoms with Crippen LogP contribution in [0.15, 0.2) is 24.3 Å². The second-order valence-corrected chi connectivity index (χ2v) is 5.12. The average Bonchev–Trinajstić information content (AvgIpc) is 2.49. The molecule has 1 aliphatic heterocycles. The van der Waals surface area contributed by atoms with Gasteiger partial charge in [0.1, 0.15) is 0 Å². The summed E-state index contributed by atoms with van der Waals surface area (Å²) in [4.78, 5) is 24.5. The first-order valence-corrected chi connectivity index (χ1v) is 6.98. The maximum Gasteiger partial charge on any atom is 0.321 e. The molecule has 0 aromatic heterocycles. The summed E-state index contributed by atoms with van der Waals surface area (Å²) in [7, 11) is 1.69. The number of methoxy groups -OCH3 is 1. The number of ether oxygens (including phenoxy) is 1. The van der Waals surface area contributed by atoms with Gasteiger partial charge in [-0.25, -0.2) is 4.79 Å². The molecular weight excluding hydrogens is 272 g/mol. The molecule has 2 rings (SSSR count). The molecule has 2 N–H and O–H groups in total. The SMILES string of the molecule is COC1CCN(C(=O)Nc2ccc(CC(=O)O)cc2)CC1. The van der Waals surface area contributed by atoms with Crippen molar-refractivity contribution in [3.8, 4) is 0 Å². The minimum Gasteiger partial charge on any atom is -0.481 e. The van der Waals surface area contributed by atoms with Crippen molar-refractivity contribution < 1.29 is 19.4 Å². The zero-order chi connectivity index (χ0) is 15.2. The summed E-state index contributed by atoms with van der Waals surface area (Å²) in [5.41, 5.74) is 1.38. The Hall–Kier alpha value is -2.08. The van der Waals surface area contributed by atoms with Gasteiger partial charge in [0.05, 0.1) is 12.5 Å². The van der Waals surface area contributed by atoms with E-state index in [-0.39, 0.29) is 18.6 Å². The van der Waals surface area contributed by atoms with Crippen LogP contribution in [0.1, 0.15) is 18.4 Å². The number of likely N-dealkylation sites (tertiary alicyclic amines) is 1. The lowest BCUT2D eigenvalue weighted by molar-refractivity contribution is -0.136. The highest BCUT2D eigenvalue weighted by Crippen LogP contribution is 2.15. The van der Waals surface area contributed by atoms with E-state index < -0.39 is 5.97 Å². The second-order valence-electron chi connectivity index (χ2n) is 5.12. The summed E-state index contributed by atoms with van der Waals surface area (Å²) in [6.45, 7) is 1.36. The molecule has 0 unspecified atom stereocenters. The summed E-state index contributed by atoms with van der Waals surface area (Å²) in [5, 5.41) is 11.5. The molecule has 2 amide bonds. The average molecular weight is 292 g/mol. The fourth-order valence-corrected chi connectivity index (χ4v) is 2.38. The van der Waals surface area contributed by atoms with Gasteiger partial charge in [0, 0.05) is 25.9 Å². The van der Waals surface area contributed by atoms with E-state index in [0.29, 0.717) is 24.3 Å². The zero-order valence-corrected chi connectivity index (χ0v) is 12.0. The fraction of sp³-hybridized carbons (Fsp3) is 0.467. The molecule has 0 atom stereocenters. The van der Waals surface area contributed by atoms with Gasteiger partial charge in [0.15, 0.2) is 0 Å². The van der Waals surface area contributed by atoms with Gasteiger partial charge in [0.25, 0.3) is 0 Å². The lowest BCUT2D eigenvalue weighted by Crippen LogP contribution is -2.42. The number of carboxylic acids is 1. The number of rotatable bonds is 4. The number of aliphatic carboxylic acids is 1. The van der Waals surface area contributed by atoms with Gasteiger partial charge in [-0.1, -0.05) is 12.1 Å². The molecule has 6 heteroatoms. The third-order valence-corrected chi connectivity index (χ3v) is 3.62. The predicted molar refractivity (Wildman–Crippen MR) is 78.4 cm³/mol. The minimum atomic E-state index is -0.868. The number of piperidine rings is 1. The lowest BCUT2D eigenvalue weighted by Gasteiger charge is -2.31. The highest BCUT2D eigenvalue weighted by atomic mass is 16.5. The van der Waals surface area contributed by atoms with E-state index in [4.69, 9.17) is 9.84 Å². The van der Waals surface area contributed by atoms with Crippen LogP contribution < -0.4 is 5.32 Å². The first kappa shape index (κ1) is 15.3. The number of hydrogen-bond donors (Lipinski definition) is 2. The smallest absolute Gasteiger partial charge is 0.321 e. The van der Waals surface area contributed by atoms with E-state index >= 15 is 0 Å². The van der Waals surface area contributed by atoms with Crippen LogP contribution in [0.2, 0.25) is 0 Å². The highest BCUT2D eigenvalue weighted by molar-refractivity contribution is 5.89. The molecule has 1 saturated heterocycles. The number of carboxylic acid groups (broad SMARTS) is 1. The standard InChI is InChI=1S/C15H20N2O4/c1-21-13-6-8-17(9-7-13)15(20)16-12-4-2-11(3-5-12)10-14(18)19/h2-5,13H,6-10H2,1H3,(H,16,20)(H,18,19). The van der Waals surface area contributed by atoms with Crippen molar-refractivity contribution in [3.63, 3.8) is 0 Å². The summed E-state index contributed by atoms with van der Waals surface area (Å²) in [5.74, 6) is -0.868. The Morgan fingerprint density at radius 3 is 2.43 bits per heavy atom. The second kappa shape index (κ2) is 7.08. The van der Waals surface area contributed by atoms with Crippen LogP contribution >= 0.6 is 0 Å². The van der Waals surface area contributed by atoms with Crippen molar-refractivity contribution in [2.24, 2.45) is 0 Å². The van der Waals surface area contributed by atoms with Crippen LogP contribution in [0.3, 0.4) is 0 Å². The predicted octanol–water partition coefficient (Wildman–Crippen LogP) is 1.96. The van der Waals surface area contributed by atoms with Crippen LogP contribution in [0, 0.1) is 0 Å². The van der Waals surface area contributed by atoms with E-state index in [1.165, 1.54) is 0 Å². The first-order chi connectivity index (χ1) is 10.1. The van der Waals surface area contributed by atoms with Crippen LogP contribution in [0.4, 0.5) is 10.5 Å². The molecule has 0 bridgehead atoms. The van der Waals surface area contributed by atoms with E-state index in [9.17, 15) is 9.59 Å².